The van der Waals surface area contributed by atoms with Crippen LogP contribution in [-0.2, 0) is 4.74 Å². The SMILES string of the molecule is O=C(NC1CCC(F)(F)CC1)N1CCC(C2CN=C(c3ccc(F)cc3)O2)CC1. The average molecular weight is 409 g/mol. The van der Waals surface area contributed by atoms with E-state index in [2.05, 4.69) is 10.3 Å². The van der Waals surface area contributed by atoms with Crippen LogP contribution in [0.4, 0.5) is 18.0 Å². The van der Waals surface area contributed by atoms with Crippen LogP contribution in [-0.4, -0.2) is 54.5 Å². The van der Waals surface area contributed by atoms with Crippen molar-refractivity contribution >= 4 is 11.9 Å². The zero-order chi connectivity index (χ0) is 20.4. The molecule has 2 aliphatic heterocycles. The molecule has 1 aromatic carbocycles. The number of benzene rings is 1. The predicted octanol–water partition coefficient (Wildman–Crippen LogP) is 3.97. The van der Waals surface area contributed by atoms with E-state index in [0.717, 1.165) is 18.4 Å². The number of urea groups is 1. The predicted molar refractivity (Wildman–Crippen MR) is 103 cm³/mol. The Hall–Kier alpha value is -2.25. The van der Waals surface area contributed by atoms with Gasteiger partial charge in [0.15, 0.2) is 0 Å². The van der Waals surface area contributed by atoms with E-state index in [-0.39, 0.29) is 36.8 Å². The number of aliphatic imine (C=N–C) groups is 1. The van der Waals surface area contributed by atoms with Gasteiger partial charge in [0.2, 0.25) is 11.8 Å². The van der Waals surface area contributed by atoms with Crippen LogP contribution in [0.5, 0.6) is 0 Å². The van der Waals surface area contributed by atoms with Gasteiger partial charge in [0.05, 0.1) is 6.54 Å². The van der Waals surface area contributed by atoms with E-state index in [1.807, 2.05) is 0 Å². The molecule has 3 aliphatic rings. The normalized spacial score (nSPS) is 25.4. The van der Waals surface area contributed by atoms with Crippen molar-refractivity contribution in [3.05, 3.63) is 35.6 Å². The van der Waals surface area contributed by atoms with E-state index in [1.54, 1.807) is 17.0 Å². The number of nitrogens with zero attached hydrogens (tertiary/aromatic N) is 2. The number of carbonyl (C=O) groups is 1. The van der Waals surface area contributed by atoms with E-state index in [9.17, 15) is 18.0 Å². The Balaban J connectivity index is 1.22. The highest BCUT2D eigenvalue weighted by atomic mass is 19.3. The number of hydrogen-bond acceptors (Lipinski definition) is 3. The van der Waals surface area contributed by atoms with Crippen molar-refractivity contribution in [1.29, 1.82) is 0 Å². The van der Waals surface area contributed by atoms with E-state index >= 15 is 0 Å². The minimum Gasteiger partial charge on any atom is -0.472 e. The second-order valence-corrected chi connectivity index (χ2v) is 8.21. The lowest BCUT2D eigenvalue weighted by atomic mass is 9.91. The van der Waals surface area contributed by atoms with E-state index in [4.69, 9.17) is 4.74 Å². The van der Waals surface area contributed by atoms with Crippen LogP contribution in [0.15, 0.2) is 29.3 Å². The molecule has 0 radical (unpaired) electrons. The first kappa shape index (κ1) is 20.0. The van der Waals surface area contributed by atoms with E-state index < -0.39 is 5.92 Å². The third kappa shape index (κ3) is 4.85. The van der Waals surface area contributed by atoms with Gasteiger partial charge in [0.25, 0.3) is 0 Å². The first-order valence-electron chi connectivity index (χ1n) is 10.3. The Morgan fingerprint density at radius 1 is 1.10 bits per heavy atom. The van der Waals surface area contributed by atoms with Crippen molar-refractivity contribution in [2.75, 3.05) is 19.6 Å². The van der Waals surface area contributed by atoms with Gasteiger partial charge in [-0.3, -0.25) is 0 Å². The Morgan fingerprint density at radius 3 is 2.41 bits per heavy atom. The molecule has 2 heterocycles. The Kier molecular flexibility index (Phi) is 5.69. The van der Waals surface area contributed by atoms with Crippen LogP contribution in [0.25, 0.3) is 0 Å². The molecule has 8 heteroatoms. The van der Waals surface area contributed by atoms with Crippen molar-refractivity contribution in [1.82, 2.24) is 10.2 Å². The summed E-state index contributed by atoms with van der Waals surface area (Å²) in [4.78, 5) is 18.7. The summed E-state index contributed by atoms with van der Waals surface area (Å²) >= 11 is 0. The third-order valence-electron chi connectivity index (χ3n) is 6.17. The molecule has 0 bridgehead atoms. The number of rotatable bonds is 3. The minimum atomic E-state index is -2.59. The molecule has 1 aromatic rings. The number of likely N-dealkylation sites (tertiary alicyclic amines) is 1. The van der Waals surface area contributed by atoms with Crippen LogP contribution in [0.2, 0.25) is 0 Å². The highest BCUT2D eigenvalue weighted by Gasteiger charge is 2.37. The highest BCUT2D eigenvalue weighted by molar-refractivity contribution is 5.95. The molecular formula is C21H26F3N3O2. The summed E-state index contributed by atoms with van der Waals surface area (Å²) in [5, 5.41) is 2.91. The molecule has 2 amide bonds. The van der Waals surface area contributed by atoms with Crippen LogP contribution >= 0.6 is 0 Å². The van der Waals surface area contributed by atoms with E-state index in [0.29, 0.717) is 44.3 Å². The zero-order valence-corrected chi connectivity index (χ0v) is 16.3. The molecule has 1 saturated carbocycles. The third-order valence-corrected chi connectivity index (χ3v) is 6.17. The molecule has 0 spiro atoms. The Morgan fingerprint density at radius 2 is 1.76 bits per heavy atom. The van der Waals surface area contributed by atoms with Crippen LogP contribution < -0.4 is 5.32 Å². The first-order chi connectivity index (χ1) is 13.9. The number of alkyl halides is 2. The lowest BCUT2D eigenvalue weighted by molar-refractivity contribution is -0.0399. The standard InChI is InChI=1S/C21H26F3N3O2/c22-16-3-1-15(2-4-16)19-25-13-18(29-19)14-7-11-27(12-8-14)20(28)26-17-5-9-21(23,24)10-6-17/h1-4,14,17-18H,5-13H2,(H,26,28). The molecule has 158 valence electrons. The van der Waals surface area contributed by atoms with Gasteiger partial charge in [0.1, 0.15) is 11.9 Å². The largest absolute Gasteiger partial charge is 0.472 e. The number of hydrogen-bond donors (Lipinski definition) is 1. The summed E-state index contributed by atoms with van der Waals surface area (Å²) in [7, 11) is 0. The fourth-order valence-corrected chi connectivity index (χ4v) is 4.31. The number of nitrogens with one attached hydrogen (secondary N) is 1. The molecule has 5 nitrogen and oxygen atoms in total. The molecule has 29 heavy (non-hydrogen) atoms. The molecule has 4 rings (SSSR count). The fourth-order valence-electron chi connectivity index (χ4n) is 4.31. The molecule has 1 unspecified atom stereocenters. The maximum absolute atomic E-state index is 13.3. The van der Waals surface area contributed by atoms with Gasteiger partial charge in [-0.2, -0.15) is 0 Å². The van der Waals surface area contributed by atoms with Crippen molar-refractivity contribution in [2.24, 2.45) is 10.9 Å². The van der Waals surface area contributed by atoms with Crippen LogP contribution in [0.3, 0.4) is 0 Å². The lowest BCUT2D eigenvalue weighted by Gasteiger charge is -2.36. The van der Waals surface area contributed by atoms with Crippen molar-refractivity contribution in [2.45, 2.75) is 56.6 Å². The Labute approximate surface area is 168 Å². The van der Waals surface area contributed by atoms with Crippen molar-refractivity contribution in [3.8, 4) is 0 Å². The maximum Gasteiger partial charge on any atom is 0.317 e. The van der Waals surface area contributed by atoms with Gasteiger partial charge < -0.3 is 15.0 Å². The van der Waals surface area contributed by atoms with Crippen LogP contribution in [0, 0.1) is 11.7 Å². The van der Waals surface area contributed by atoms with Crippen molar-refractivity contribution in [3.63, 3.8) is 0 Å². The molecule has 1 atom stereocenters. The second-order valence-electron chi connectivity index (χ2n) is 8.21. The highest BCUT2D eigenvalue weighted by Crippen LogP contribution is 2.33. The quantitative estimate of drug-likeness (QED) is 0.821. The smallest absolute Gasteiger partial charge is 0.317 e. The number of ether oxygens (including phenoxy) is 1. The number of piperidine rings is 1. The number of carbonyl (C=O) groups excluding carboxylic acids is 1. The monoisotopic (exact) mass is 409 g/mol. The van der Waals surface area contributed by atoms with Gasteiger partial charge in [-0.05, 0) is 49.9 Å². The average Bonchev–Trinajstić information content (AvgIpc) is 3.20. The molecule has 1 N–H and O–H groups in total. The summed E-state index contributed by atoms with van der Waals surface area (Å²) in [5.41, 5.74) is 0.767. The van der Waals surface area contributed by atoms with Gasteiger partial charge in [-0.15, -0.1) is 0 Å². The molecular weight excluding hydrogens is 383 g/mol. The number of halogens is 3. The van der Waals surface area contributed by atoms with Gasteiger partial charge in [0, 0.05) is 43.5 Å². The molecule has 1 saturated heterocycles. The van der Waals surface area contributed by atoms with Gasteiger partial charge >= 0.3 is 6.03 Å². The summed E-state index contributed by atoms with van der Waals surface area (Å²) in [5.74, 6) is -2.04. The number of amides is 2. The molecule has 0 aromatic heterocycles. The second kappa shape index (κ2) is 8.24. The minimum absolute atomic E-state index is 0.0270. The maximum atomic E-state index is 13.3. The van der Waals surface area contributed by atoms with Gasteiger partial charge in [-0.1, -0.05) is 0 Å². The summed E-state index contributed by atoms with van der Waals surface area (Å²) in [6.07, 6.45) is 1.94. The fraction of sp³-hybridized carbons (Fsp3) is 0.619. The molecule has 2 fully saturated rings. The topological polar surface area (TPSA) is 53.9 Å². The van der Waals surface area contributed by atoms with Crippen LogP contribution in [0.1, 0.15) is 44.1 Å². The van der Waals surface area contributed by atoms with E-state index in [1.165, 1.54) is 12.1 Å². The molecule has 1 aliphatic carbocycles. The van der Waals surface area contributed by atoms with Crippen molar-refractivity contribution < 1.29 is 22.7 Å². The first-order valence-corrected chi connectivity index (χ1v) is 10.3. The summed E-state index contributed by atoms with van der Waals surface area (Å²) < 4.78 is 45.6. The summed E-state index contributed by atoms with van der Waals surface area (Å²) in [6, 6.07) is 5.77. The summed E-state index contributed by atoms with van der Waals surface area (Å²) in [6.45, 7) is 1.80. The Bertz CT molecular complexity index is 751. The zero-order valence-electron chi connectivity index (χ0n) is 16.3. The lowest BCUT2D eigenvalue weighted by Crippen LogP contribution is -2.50. The van der Waals surface area contributed by atoms with Gasteiger partial charge in [-0.25, -0.2) is 23.0 Å².